The molecule has 0 radical (unpaired) electrons. The second-order valence-corrected chi connectivity index (χ2v) is 7.43. The van der Waals surface area contributed by atoms with Gasteiger partial charge in [0.25, 0.3) is 5.91 Å². The molecule has 2 aromatic rings. The van der Waals surface area contributed by atoms with Crippen molar-refractivity contribution in [2.45, 2.75) is 53.5 Å². The number of nitrogens with zero attached hydrogens (tertiary/aromatic N) is 1. The highest BCUT2D eigenvalue weighted by Crippen LogP contribution is 2.16. The molecular formula is C24H32N2O5. The summed E-state index contributed by atoms with van der Waals surface area (Å²) in [5.41, 5.74) is 2.85. The Labute approximate surface area is 183 Å². The smallest absolute Gasteiger partial charge is 0.325 e. The van der Waals surface area contributed by atoms with Gasteiger partial charge in [-0.15, -0.1) is 0 Å². The first-order valence-corrected chi connectivity index (χ1v) is 10.7. The predicted molar refractivity (Wildman–Crippen MR) is 119 cm³/mol. The van der Waals surface area contributed by atoms with Crippen LogP contribution in [0.15, 0.2) is 30.3 Å². The molecule has 1 aromatic heterocycles. The van der Waals surface area contributed by atoms with Crippen LogP contribution in [0.4, 0.5) is 0 Å². The third kappa shape index (κ3) is 6.98. The van der Waals surface area contributed by atoms with Crippen molar-refractivity contribution in [3.8, 4) is 5.75 Å². The third-order valence-corrected chi connectivity index (χ3v) is 4.96. The van der Waals surface area contributed by atoms with Gasteiger partial charge in [-0.05, 0) is 57.0 Å². The second-order valence-electron chi connectivity index (χ2n) is 7.43. The number of carbonyl (C=O) groups excluding carboxylic acids is 3. The van der Waals surface area contributed by atoms with E-state index in [2.05, 4.69) is 23.7 Å². The monoisotopic (exact) mass is 428 g/mol. The van der Waals surface area contributed by atoms with E-state index in [1.807, 2.05) is 19.9 Å². The summed E-state index contributed by atoms with van der Waals surface area (Å²) in [5, 5.41) is 2.51. The van der Waals surface area contributed by atoms with E-state index in [4.69, 9.17) is 9.47 Å². The Morgan fingerprint density at radius 1 is 1.03 bits per heavy atom. The molecule has 0 aliphatic rings. The Morgan fingerprint density at radius 2 is 1.74 bits per heavy atom. The summed E-state index contributed by atoms with van der Waals surface area (Å²) < 4.78 is 12.7. The normalized spacial score (nSPS) is 10.6. The fraction of sp³-hybridized carbons (Fsp3) is 0.458. The van der Waals surface area contributed by atoms with Gasteiger partial charge in [0.1, 0.15) is 12.3 Å². The van der Waals surface area contributed by atoms with E-state index in [1.54, 1.807) is 24.3 Å². The van der Waals surface area contributed by atoms with Crippen LogP contribution in [-0.2, 0) is 16.1 Å². The number of hydrogen-bond donors (Lipinski definition) is 1. The van der Waals surface area contributed by atoms with E-state index >= 15 is 0 Å². The second kappa shape index (κ2) is 11.9. The van der Waals surface area contributed by atoms with Gasteiger partial charge in [-0.25, -0.2) is 0 Å². The van der Waals surface area contributed by atoms with Crippen LogP contribution < -0.4 is 10.1 Å². The summed E-state index contributed by atoms with van der Waals surface area (Å²) in [6, 6.07) is 8.53. The van der Waals surface area contributed by atoms with Crippen molar-refractivity contribution in [3.63, 3.8) is 0 Å². The van der Waals surface area contributed by atoms with E-state index in [9.17, 15) is 14.4 Å². The fourth-order valence-electron chi connectivity index (χ4n) is 3.22. The van der Waals surface area contributed by atoms with E-state index in [0.717, 1.165) is 37.2 Å². The summed E-state index contributed by atoms with van der Waals surface area (Å²) >= 11 is 0. The molecule has 0 atom stereocenters. The Balaban J connectivity index is 1.79. The summed E-state index contributed by atoms with van der Waals surface area (Å²) in [4.78, 5) is 36.6. The lowest BCUT2D eigenvalue weighted by Crippen LogP contribution is -2.31. The van der Waals surface area contributed by atoms with E-state index in [-0.39, 0.29) is 18.9 Å². The number of unbranched alkanes of at least 4 members (excludes halogenated alkanes) is 1. The molecule has 0 saturated carbocycles. The number of aryl methyl sites for hydroxylation is 1. The number of amides is 1. The zero-order valence-electron chi connectivity index (χ0n) is 18.8. The summed E-state index contributed by atoms with van der Waals surface area (Å²) in [7, 11) is 0. The van der Waals surface area contributed by atoms with Crippen LogP contribution >= 0.6 is 0 Å². The van der Waals surface area contributed by atoms with E-state index < -0.39 is 11.9 Å². The first-order chi connectivity index (χ1) is 14.9. The summed E-state index contributed by atoms with van der Waals surface area (Å²) in [5.74, 6) is -0.620. The Hall–Kier alpha value is -3.09. The number of esters is 1. The Bertz CT molecular complexity index is 899. The van der Waals surface area contributed by atoms with Crippen molar-refractivity contribution in [3.05, 3.63) is 52.8 Å². The van der Waals surface area contributed by atoms with Crippen molar-refractivity contribution < 1.29 is 23.9 Å². The van der Waals surface area contributed by atoms with Gasteiger partial charge in [0.05, 0.1) is 6.61 Å². The van der Waals surface area contributed by atoms with Crippen LogP contribution in [0.25, 0.3) is 0 Å². The van der Waals surface area contributed by atoms with Gasteiger partial charge in [0.2, 0.25) is 5.78 Å². The number of carbonyl (C=O) groups is 3. The average molecular weight is 429 g/mol. The van der Waals surface area contributed by atoms with E-state index in [1.165, 1.54) is 0 Å². The predicted octanol–water partition coefficient (Wildman–Crippen LogP) is 3.85. The molecule has 0 saturated heterocycles. The molecule has 1 amide bonds. The van der Waals surface area contributed by atoms with Gasteiger partial charge >= 0.3 is 5.97 Å². The molecule has 0 bridgehead atoms. The molecule has 0 spiro atoms. The minimum absolute atomic E-state index is 0.256. The van der Waals surface area contributed by atoms with Gasteiger partial charge in [0, 0.05) is 29.1 Å². The standard InChI is InChI=1S/C24H32N2O5/c1-5-7-13-30-20-10-8-19(9-11-20)24(29)25-15-23(28)31-16-22(27)21-14-17(3)26(12-6-2)18(21)4/h8-11,14H,5-7,12-13,15-16H2,1-4H3,(H,25,29). The number of ether oxygens (including phenoxy) is 2. The summed E-state index contributed by atoms with van der Waals surface area (Å²) in [6.45, 7) is 8.81. The zero-order valence-corrected chi connectivity index (χ0v) is 18.8. The molecule has 31 heavy (non-hydrogen) atoms. The van der Waals surface area contributed by atoms with Crippen LogP contribution in [0.5, 0.6) is 5.75 Å². The third-order valence-electron chi connectivity index (χ3n) is 4.96. The van der Waals surface area contributed by atoms with Gasteiger partial charge in [0.15, 0.2) is 6.61 Å². The van der Waals surface area contributed by atoms with Crippen LogP contribution in [-0.4, -0.2) is 42.0 Å². The molecule has 0 fully saturated rings. The topological polar surface area (TPSA) is 86.6 Å². The molecule has 1 aromatic carbocycles. The maximum atomic E-state index is 12.4. The molecule has 2 rings (SSSR count). The SMILES string of the molecule is CCCCOc1ccc(C(=O)NCC(=O)OCC(=O)c2cc(C)n(CCC)c2C)cc1. The first-order valence-electron chi connectivity index (χ1n) is 10.7. The number of hydrogen-bond acceptors (Lipinski definition) is 5. The maximum absolute atomic E-state index is 12.4. The molecule has 1 heterocycles. The zero-order chi connectivity index (χ0) is 22.8. The highest BCUT2D eigenvalue weighted by atomic mass is 16.5. The van der Waals surface area contributed by atoms with Crippen LogP contribution in [0.3, 0.4) is 0 Å². The van der Waals surface area contributed by atoms with E-state index in [0.29, 0.717) is 23.5 Å². The lowest BCUT2D eigenvalue weighted by atomic mass is 10.1. The molecule has 7 nitrogen and oxygen atoms in total. The molecule has 168 valence electrons. The highest BCUT2D eigenvalue weighted by molar-refractivity contribution is 6.00. The van der Waals surface area contributed by atoms with Crippen molar-refractivity contribution in [1.29, 1.82) is 0 Å². The highest BCUT2D eigenvalue weighted by Gasteiger charge is 2.17. The van der Waals surface area contributed by atoms with Crippen molar-refractivity contribution in [2.24, 2.45) is 0 Å². The van der Waals surface area contributed by atoms with Gasteiger partial charge < -0.3 is 19.4 Å². The lowest BCUT2D eigenvalue weighted by molar-refractivity contribution is -0.141. The number of benzene rings is 1. The molecule has 7 heteroatoms. The van der Waals surface area contributed by atoms with Crippen molar-refractivity contribution in [1.82, 2.24) is 9.88 Å². The number of aromatic nitrogens is 1. The van der Waals surface area contributed by atoms with Crippen LogP contribution in [0.1, 0.15) is 65.2 Å². The summed E-state index contributed by atoms with van der Waals surface area (Å²) in [6.07, 6.45) is 2.98. The molecule has 0 unspecified atom stereocenters. The Morgan fingerprint density at radius 3 is 2.39 bits per heavy atom. The Kier molecular flexibility index (Phi) is 9.31. The van der Waals surface area contributed by atoms with Crippen molar-refractivity contribution in [2.75, 3.05) is 19.8 Å². The minimum atomic E-state index is -0.663. The van der Waals surface area contributed by atoms with Crippen molar-refractivity contribution >= 4 is 17.7 Å². The van der Waals surface area contributed by atoms with Gasteiger partial charge in [-0.2, -0.15) is 0 Å². The van der Waals surface area contributed by atoms with Gasteiger partial charge in [-0.1, -0.05) is 20.3 Å². The van der Waals surface area contributed by atoms with Crippen LogP contribution in [0, 0.1) is 13.8 Å². The molecule has 0 aliphatic carbocycles. The van der Waals surface area contributed by atoms with Crippen LogP contribution in [0.2, 0.25) is 0 Å². The van der Waals surface area contributed by atoms with Gasteiger partial charge in [-0.3, -0.25) is 14.4 Å². The molecule has 1 N–H and O–H groups in total. The minimum Gasteiger partial charge on any atom is -0.494 e. The number of ketones is 1. The molecular weight excluding hydrogens is 396 g/mol. The number of Topliss-reactive ketones (excluding diaryl/α,β-unsaturated/α-hetero) is 1. The largest absolute Gasteiger partial charge is 0.494 e. The number of nitrogens with one attached hydrogen (secondary N) is 1. The number of rotatable bonds is 12. The quantitative estimate of drug-likeness (QED) is 0.315. The fourth-order valence-corrected chi connectivity index (χ4v) is 3.22. The average Bonchev–Trinajstić information content (AvgIpc) is 3.05. The lowest BCUT2D eigenvalue weighted by Gasteiger charge is -2.09. The maximum Gasteiger partial charge on any atom is 0.325 e. The first kappa shape index (κ1) is 24.2. The molecule has 0 aliphatic heterocycles.